The molecule has 0 unspecified atom stereocenters. The van der Waals surface area contributed by atoms with Crippen LogP contribution < -0.4 is 11.5 Å². The van der Waals surface area contributed by atoms with Crippen LogP contribution in [0.3, 0.4) is 0 Å². The molecular formula is C14H16N4O. The molecule has 98 valence electrons. The van der Waals surface area contributed by atoms with Crippen molar-refractivity contribution < 1.29 is 4.79 Å². The number of nitrogen functional groups attached to an aromatic ring is 1. The van der Waals surface area contributed by atoms with Crippen molar-refractivity contribution in [2.24, 2.45) is 5.73 Å². The van der Waals surface area contributed by atoms with Crippen LogP contribution in [0, 0.1) is 0 Å². The summed E-state index contributed by atoms with van der Waals surface area (Å²) in [4.78, 5) is 18.0. The van der Waals surface area contributed by atoms with Gasteiger partial charge in [-0.05, 0) is 30.2 Å². The zero-order valence-corrected chi connectivity index (χ0v) is 10.5. The smallest absolute Gasteiger partial charge is 0.239 e. The number of amides is 1. The van der Waals surface area contributed by atoms with Crippen LogP contribution in [0.25, 0.3) is 10.9 Å². The number of benzene rings is 1. The predicted molar refractivity (Wildman–Crippen MR) is 74.2 cm³/mol. The lowest BCUT2D eigenvalue weighted by atomic mass is 10.1. The molecule has 0 aliphatic carbocycles. The molecule has 2 aromatic rings. The van der Waals surface area contributed by atoms with E-state index in [9.17, 15) is 4.79 Å². The summed E-state index contributed by atoms with van der Waals surface area (Å²) in [7, 11) is 0. The Morgan fingerprint density at radius 2 is 2.16 bits per heavy atom. The van der Waals surface area contributed by atoms with Crippen LogP contribution in [-0.4, -0.2) is 28.4 Å². The fraction of sp³-hybridized carbons (Fsp3) is 0.286. The monoisotopic (exact) mass is 256 g/mol. The Morgan fingerprint density at radius 1 is 1.32 bits per heavy atom. The molecule has 3 rings (SSSR count). The molecular weight excluding hydrogens is 240 g/mol. The zero-order valence-electron chi connectivity index (χ0n) is 10.5. The first-order chi connectivity index (χ1) is 9.15. The third kappa shape index (κ3) is 2.13. The number of carbonyl (C=O) groups is 1. The largest absolute Gasteiger partial charge is 0.384 e. The molecule has 1 aliphatic rings. The van der Waals surface area contributed by atoms with Gasteiger partial charge in [-0.3, -0.25) is 4.79 Å². The maximum absolute atomic E-state index is 11.9. The molecule has 1 aliphatic heterocycles. The van der Waals surface area contributed by atoms with Gasteiger partial charge < -0.3 is 16.4 Å². The van der Waals surface area contributed by atoms with Crippen molar-refractivity contribution in [2.75, 3.05) is 12.3 Å². The molecule has 1 atom stereocenters. The molecule has 1 aromatic heterocycles. The highest BCUT2D eigenvalue weighted by Gasteiger charge is 2.28. The van der Waals surface area contributed by atoms with Crippen LogP contribution in [-0.2, 0) is 11.3 Å². The minimum absolute atomic E-state index is 0.0282. The van der Waals surface area contributed by atoms with Crippen LogP contribution in [0.15, 0.2) is 30.3 Å². The lowest BCUT2D eigenvalue weighted by molar-refractivity contribution is -0.129. The summed E-state index contributed by atoms with van der Waals surface area (Å²) in [6, 6.07) is 9.26. The van der Waals surface area contributed by atoms with Gasteiger partial charge in [0.1, 0.15) is 5.82 Å². The molecule has 2 heterocycles. The molecule has 0 bridgehead atoms. The number of rotatable bonds is 2. The molecule has 0 saturated carbocycles. The Labute approximate surface area is 111 Å². The fourth-order valence-electron chi connectivity index (χ4n) is 2.50. The van der Waals surface area contributed by atoms with Crippen molar-refractivity contribution in [3.63, 3.8) is 0 Å². The highest BCUT2D eigenvalue weighted by molar-refractivity contribution is 5.86. The van der Waals surface area contributed by atoms with E-state index in [1.165, 1.54) is 0 Å². The second-order valence-corrected chi connectivity index (χ2v) is 4.87. The molecule has 5 heteroatoms. The Hall–Kier alpha value is -2.14. The lowest BCUT2D eigenvalue weighted by Gasteiger charge is -2.17. The van der Waals surface area contributed by atoms with Crippen molar-refractivity contribution in [1.29, 1.82) is 0 Å². The first-order valence-corrected chi connectivity index (χ1v) is 6.33. The highest BCUT2D eigenvalue weighted by atomic mass is 16.2. The SMILES string of the molecule is Nc1ccc2c(CN3CC[C@H](N)C3=O)cccc2n1. The van der Waals surface area contributed by atoms with Gasteiger partial charge in [-0.25, -0.2) is 4.98 Å². The van der Waals surface area contributed by atoms with Gasteiger partial charge in [0.2, 0.25) is 5.91 Å². The maximum Gasteiger partial charge on any atom is 0.239 e. The van der Waals surface area contributed by atoms with Crippen LogP contribution in [0.4, 0.5) is 5.82 Å². The first kappa shape index (κ1) is 11.9. The lowest BCUT2D eigenvalue weighted by Crippen LogP contribution is -2.33. The predicted octanol–water partition coefficient (Wildman–Crippen LogP) is 0.877. The Balaban J connectivity index is 1.95. The van der Waals surface area contributed by atoms with Gasteiger partial charge >= 0.3 is 0 Å². The number of hydrogen-bond donors (Lipinski definition) is 2. The van der Waals surface area contributed by atoms with E-state index in [2.05, 4.69) is 4.98 Å². The van der Waals surface area contributed by atoms with Crippen LogP contribution in [0.1, 0.15) is 12.0 Å². The van der Waals surface area contributed by atoms with Crippen molar-refractivity contribution in [3.05, 3.63) is 35.9 Å². The number of nitrogens with zero attached hydrogens (tertiary/aromatic N) is 2. The Morgan fingerprint density at radius 3 is 2.89 bits per heavy atom. The topological polar surface area (TPSA) is 85.2 Å². The van der Waals surface area contributed by atoms with Crippen molar-refractivity contribution in [2.45, 2.75) is 19.0 Å². The van der Waals surface area contributed by atoms with Crippen molar-refractivity contribution >= 4 is 22.6 Å². The van der Waals surface area contributed by atoms with Crippen LogP contribution >= 0.6 is 0 Å². The maximum atomic E-state index is 11.9. The molecule has 1 aromatic carbocycles. The first-order valence-electron chi connectivity index (χ1n) is 6.33. The van der Waals surface area contributed by atoms with Gasteiger partial charge in [0.15, 0.2) is 0 Å². The number of carbonyl (C=O) groups excluding carboxylic acids is 1. The van der Waals surface area contributed by atoms with E-state index in [0.717, 1.165) is 29.4 Å². The third-order valence-corrected chi connectivity index (χ3v) is 3.54. The van der Waals surface area contributed by atoms with Gasteiger partial charge in [-0.15, -0.1) is 0 Å². The second-order valence-electron chi connectivity index (χ2n) is 4.87. The van der Waals surface area contributed by atoms with E-state index in [0.29, 0.717) is 12.4 Å². The van der Waals surface area contributed by atoms with Crippen molar-refractivity contribution in [1.82, 2.24) is 9.88 Å². The molecule has 1 amide bonds. The minimum atomic E-state index is -0.344. The quantitative estimate of drug-likeness (QED) is 0.835. The van der Waals surface area contributed by atoms with E-state index >= 15 is 0 Å². The summed E-state index contributed by atoms with van der Waals surface area (Å²) >= 11 is 0. The number of pyridine rings is 1. The second kappa shape index (κ2) is 4.51. The molecule has 1 fully saturated rings. The Bertz CT molecular complexity index is 640. The number of hydrogen-bond acceptors (Lipinski definition) is 4. The summed E-state index contributed by atoms with van der Waals surface area (Å²) in [5.74, 6) is 0.532. The van der Waals surface area contributed by atoms with E-state index in [1.54, 1.807) is 11.0 Å². The Kier molecular flexibility index (Phi) is 2.83. The van der Waals surface area contributed by atoms with E-state index in [-0.39, 0.29) is 11.9 Å². The van der Waals surface area contributed by atoms with Crippen LogP contribution in [0.2, 0.25) is 0 Å². The van der Waals surface area contributed by atoms with Gasteiger partial charge in [0, 0.05) is 18.5 Å². The average Bonchev–Trinajstić information content (AvgIpc) is 2.71. The molecule has 4 N–H and O–H groups in total. The minimum Gasteiger partial charge on any atom is -0.384 e. The van der Waals surface area contributed by atoms with E-state index in [4.69, 9.17) is 11.5 Å². The summed E-state index contributed by atoms with van der Waals surface area (Å²) < 4.78 is 0. The number of nitrogens with two attached hydrogens (primary N) is 2. The summed E-state index contributed by atoms with van der Waals surface area (Å²) in [5.41, 5.74) is 13.4. The molecule has 5 nitrogen and oxygen atoms in total. The normalized spacial score (nSPS) is 19.3. The zero-order chi connectivity index (χ0) is 13.4. The number of likely N-dealkylation sites (tertiary alicyclic amines) is 1. The van der Waals surface area contributed by atoms with Gasteiger partial charge in [0.25, 0.3) is 0 Å². The third-order valence-electron chi connectivity index (χ3n) is 3.54. The highest BCUT2D eigenvalue weighted by Crippen LogP contribution is 2.22. The molecule has 1 saturated heterocycles. The summed E-state index contributed by atoms with van der Waals surface area (Å²) in [6.07, 6.45) is 0.731. The van der Waals surface area contributed by atoms with Gasteiger partial charge in [-0.1, -0.05) is 12.1 Å². The fourth-order valence-corrected chi connectivity index (χ4v) is 2.50. The average molecular weight is 256 g/mol. The van der Waals surface area contributed by atoms with Gasteiger partial charge in [0.05, 0.1) is 11.6 Å². The number of aromatic nitrogens is 1. The molecule has 0 radical (unpaired) electrons. The molecule has 19 heavy (non-hydrogen) atoms. The molecule has 0 spiro atoms. The van der Waals surface area contributed by atoms with E-state index in [1.807, 2.05) is 24.3 Å². The number of anilines is 1. The summed E-state index contributed by atoms with van der Waals surface area (Å²) in [5, 5.41) is 1.03. The van der Waals surface area contributed by atoms with Crippen LogP contribution in [0.5, 0.6) is 0 Å². The summed E-state index contributed by atoms with van der Waals surface area (Å²) in [6.45, 7) is 1.30. The van der Waals surface area contributed by atoms with Gasteiger partial charge in [-0.2, -0.15) is 0 Å². The van der Waals surface area contributed by atoms with Crippen molar-refractivity contribution in [3.8, 4) is 0 Å². The van der Waals surface area contributed by atoms with E-state index < -0.39 is 0 Å². The standard InChI is InChI=1S/C14H16N4O/c15-11-6-7-18(14(11)19)8-9-2-1-3-12-10(9)4-5-13(16)17-12/h1-5,11H,6-8,15H2,(H2,16,17)/t11-/m0/s1. The number of fused-ring (bicyclic) bond motifs is 1.